The number of sulfonamides is 1. The third kappa shape index (κ3) is 3.45. The molecule has 0 spiro atoms. The molecule has 0 aliphatic rings. The van der Waals surface area contributed by atoms with Crippen molar-refractivity contribution in [1.29, 1.82) is 5.26 Å². The Hall–Kier alpha value is -1.38. The summed E-state index contributed by atoms with van der Waals surface area (Å²) < 4.78 is 27.4. The number of benzene rings is 1. The largest absolute Gasteiger partial charge is 0.243 e. The molecule has 5 heteroatoms. The van der Waals surface area contributed by atoms with E-state index in [2.05, 4.69) is 6.07 Å². The topological polar surface area (TPSA) is 61.2 Å². The van der Waals surface area contributed by atoms with Crippen LogP contribution in [0.25, 0.3) is 0 Å². The Morgan fingerprint density at radius 3 is 2.05 bits per heavy atom. The van der Waals surface area contributed by atoms with Crippen molar-refractivity contribution >= 4 is 10.0 Å². The van der Waals surface area contributed by atoms with E-state index in [9.17, 15) is 8.42 Å². The summed E-state index contributed by atoms with van der Waals surface area (Å²) in [5.74, 6) is -0.328. The fourth-order valence-corrected chi connectivity index (χ4v) is 4.55. The molecule has 0 saturated heterocycles. The van der Waals surface area contributed by atoms with Gasteiger partial charge in [-0.3, -0.25) is 0 Å². The predicted molar refractivity (Wildman–Crippen MR) is 84.6 cm³/mol. The first-order chi connectivity index (χ1) is 9.66. The SMILES string of the molecule is CCN(CC(C)C#N)S(=O)(=O)c1c(C)c(C)cc(C)c1C. The summed E-state index contributed by atoms with van der Waals surface area (Å²) in [6.07, 6.45) is 0. The maximum absolute atomic E-state index is 13.0. The van der Waals surface area contributed by atoms with E-state index in [0.717, 1.165) is 22.3 Å². The molecule has 0 bridgehead atoms. The van der Waals surface area contributed by atoms with E-state index in [4.69, 9.17) is 5.26 Å². The summed E-state index contributed by atoms with van der Waals surface area (Å²) in [6.45, 7) is 11.7. The summed E-state index contributed by atoms with van der Waals surface area (Å²) in [5.41, 5.74) is 3.53. The van der Waals surface area contributed by atoms with Crippen LogP contribution in [0.2, 0.25) is 0 Å². The third-order valence-corrected chi connectivity index (χ3v) is 6.16. The van der Waals surface area contributed by atoms with Crippen molar-refractivity contribution in [2.24, 2.45) is 5.92 Å². The van der Waals surface area contributed by atoms with Crippen LogP contribution in [-0.4, -0.2) is 25.8 Å². The third-order valence-electron chi connectivity index (χ3n) is 3.95. The lowest BCUT2D eigenvalue weighted by molar-refractivity contribution is 0.399. The maximum atomic E-state index is 13.0. The van der Waals surface area contributed by atoms with E-state index >= 15 is 0 Å². The van der Waals surface area contributed by atoms with Crippen LogP contribution in [0.3, 0.4) is 0 Å². The second-order valence-corrected chi connectivity index (χ2v) is 7.45. The van der Waals surface area contributed by atoms with Gasteiger partial charge in [-0.2, -0.15) is 9.57 Å². The van der Waals surface area contributed by atoms with E-state index in [0.29, 0.717) is 11.4 Å². The molecule has 0 heterocycles. The van der Waals surface area contributed by atoms with Gasteiger partial charge in [0, 0.05) is 13.1 Å². The summed E-state index contributed by atoms with van der Waals surface area (Å²) >= 11 is 0. The lowest BCUT2D eigenvalue weighted by Gasteiger charge is -2.25. The van der Waals surface area contributed by atoms with E-state index < -0.39 is 10.0 Å². The van der Waals surface area contributed by atoms with Gasteiger partial charge in [-0.05, 0) is 56.9 Å². The Morgan fingerprint density at radius 2 is 1.67 bits per heavy atom. The molecule has 1 unspecified atom stereocenters. The lowest BCUT2D eigenvalue weighted by Crippen LogP contribution is -2.35. The number of hydrogen-bond donors (Lipinski definition) is 0. The highest BCUT2D eigenvalue weighted by molar-refractivity contribution is 7.89. The molecular weight excluding hydrogens is 284 g/mol. The van der Waals surface area contributed by atoms with Crippen molar-refractivity contribution < 1.29 is 8.42 Å². The van der Waals surface area contributed by atoms with Gasteiger partial charge in [0.05, 0.1) is 16.9 Å². The van der Waals surface area contributed by atoms with Crippen molar-refractivity contribution in [3.63, 3.8) is 0 Å². The number of aryl methyl sites for hydroxylation is 2. The summed E-state index contributed by atoms with van der Waals surface area (Å²) in [6, 6.07) is 4.11. The highest BCUT2D eigenvalue weighted by Crippen LogP contribution is 2.29. The highest BCUT2D eigenvalue weighted by atomic mass is 32.2. The molecule has 116 valence electrons. The van der Waals surface area contributed by atoms with Gasteiger partial charge in [0.15, 0.2) is 0 Å². The van der Waals surface area contributed by atoms with E-state index in [1.807, 2.05) is 33.8 Å². The van der Waals surface area contributed by atoms with Gasteiger partial charge < -0.3 is 0 Å². The molecular formula is C16H24N2O2S. The second-order valence-electron chi connectivity index (χ2n) is 5.58. The normalized spacial score (nSPS) is 13.2. The van der Waals surface area contributed by atoms with Gasteiger partial charge in [0.2, 0.25) is 10.0 Å². The molecule has 1 aromatic carbocycles. The minimum absolute atomic E-state index is 0.223. The van der Waals surface area contributed by atoms with Gasteiger partial charge >= 0.3 is 0 Å². The Labute approximate surface area is 128 Å². The Bertz CT molecular complexity index is 646. The van der Waals surface area contributed by atoms with Crippen molar-refractivity contribution in [3.8, 4) is 6.07 Å². The van der Waals surface area contributed by atoms with Crippen LogP contribution in [0.1, 0.15) is 36.1 Å². The molecule has 1 aromatic rings. The number of nitrogens with zero attached hydrogens (tertiary/aromatic N) is 2. The molecule has 0 saturated carbocycles. The quantitative estimate of drug-likeness (QED) is 0.839. The zero-order chi connectivity index (χ0) is 16.4. The molecule has 0 aromatic heterocycles. The monoisotopic (exact) mass is 308 g/mol. The molecule has 0 aliphatic carbocycles. The molecule has 1 atom stereocenters. The van der Waals surface area contributed by atoms with Crippen molar-refractivity contribution in [3.05, 3.63) is 28.3 Å². The summed E-state index contributed by atoms with van der Waals surface area (Å²) in [7, 11) is -3.58. The van der Waals surface area contributed by atoms with Crippen molar-refractivity contribution in [2.75, 3.05) is 13.1 Å². The standard InChI is InChI=1S/C16H24N2O2S/c1-7-18(10-11(2)9-17)21(19,20)16-14(5)12(3)8-13(4)15(16)6/h8,11H,7,10H2,1-6H3. The first kappa shape index (κ1) is 17.7. The van der Waals surface area contributed by atoms with Crippen molar-refractivity contribution in [2.45, 2.75) is 46.4 Å². The number of rotatable bonds is 5. The zero-order valence-electron chi connectivity index (χ0n) is 13.7. The molecule has 0 fully saturated rings. The van der Waals surface area contributed by atoms with Gasteiger partial charge in [-0.1, -0.05) is 13.0 Å². The average Bonchev–Trinajstić information content (AvgIpc) is 2.42. The number of nitriles is 1. The van der Waals surface area contributed by atoms with Crippen LogP contribution in [0.15, 0.2) is 11.0 Å². The minimum atomic E-state index is -3.58. The molecule has 4 nitrogen and oxygen atoms in total. The molecule has 1 rings (SSSR count). The Morgan fingerprint density at radius 1 is 1.19 bits per heavy atom. The van der Waals surface area contributed by atoms with Gasteiger partial charge in [0.1, 0.15) is 0 Å². The molecule has 0 radical (unpaired) electrons. The first-order valence-electron chi connectivity index (χ1n) is 7.13. The first-order valence-corrected chi connectivity index (χ1v) is 8.57. The van der Waals surface area contributed by atoms with Gasteiger partial charge in [-0.25, -0.2) is 8.42 Å². The second kappa shape index (κ2) is 6.59. The Kier molecular flexibility index (Phi) is 5.54. The predicted octanol–water partition coefficient (Wildman–Crippen LogP) is 3.09. The average molecular weight is 308 g/mol. The molecule has 0 N–H and O–H groups in total. The minimum Gasteiger partial charge on any atom is -0.207 e. The lowest BCUT2D eigenvalue weighted by atomic mass is 10.0. The fraction of sp³-hybridized carbons (Fsp3) is 0.562. The molecule has 0 amide bonds. The van der Waals surface area contributed by atoms with E-state index in [-0.39, 0.29) is 12.5 Å². The smallest absolute Gasteiger partial charge is 0.207 e. The zero-order valence-corrected chi connectivity index (χ0v) is 14.5. The molecule has 21 heavy (non-hydrogen) atoms. The van der Waals surface area contributed by atoms with Gasteiger partial charge in [0.25, 0.3) is 0 Å². The summed E-state index contributed by atoms with van der Waals surface area (Å²) in [4.78, 5) is 0.395. The van der Waals surface area contributed by atoms with Crippen LogP contribution < -0.4 is 0 Å². The van der Waals surface area contributed by atoms with Crippen LogP contribution in [0, 0.1) is 44.9 Å². The Balaban J connectivity index is 3.47. The highest BCUT2D eigenvalue weighted by Gasteiger charge is 2.29. The van der Waals surface area contributed by atoms with Crippen LogP contribution in [0.4, 0.5) is 0 Å². The van der Waals surface area contributed by atoms with E-state index in [1.165, 1.54) is 4.31 Å². The van der Waals surface area contributed by atoms with Gasteiger partial charge in [-0.15, -0.1) is 0 Å². The van der Waals surface area contributed by atoms with Crippen LogP contribution >= 0.6 is 0 Å². The molecule has 0 aliphatic heterocycles. The van der Waals surface area contributed by atoms with Crippen LogP contribution in [0.5, 0.6) is 0 Å². The number of hydrogen-bond acceptors (Lipinski definition) is 3. The van der Waals surface area contributed by atoms with Crippen LogP contribution in [-0.2, 0) is 10.0 Å². The fourth-order valence-electron chi connectivity index (χ4n) is 2.44. The maximum Gasteiger partial charge on any atom is 0.243 e. The van der Waals surface area contributed by atoms with Crippen molar-refractivity contribution in [1.82, 2.24) is 4.31 Å². The van der Waals surface area contributed by atoms with E-state index in [1.54, 1.807) is 13.8 Å². The summed E-state index contributed by atoms with van der Waals surface area (Å²) in [5, 5.41) is 8.94.